The lowest BCUT2D eigenvalue weighted by Crippen LogP contribution is -2.01. The van der Waals surface area contributed by atoms with E-state index in [9.17, 15) is 4.79 Å². The van der Waals surface area contributed by atoms with Gasteiger partial charge in [0.2, 0.25) is 0 Å². The summed E-state index contributed by atoms with van der Waals surface area (Å²) < 4.78 is 0. The third-order valence-electron chi connectivity index (χ3n) is 1.75. The molecule has 0 saturated carbocycles. The Bertz CT molecular complexity index is 272. The number of aromatic amines is 2. The summed E-state index contributed by atoms with van der Waals surface area (Å²) in [4.78, 5) is 16.4. The normalized spacial score (nSPS) is 10.4. The lowest BCUT2D eigenvalue weighted by molar-refractivity contribution is 0.867. The molecule has 0 spiro atoms. The van der Waals surface area contributed by atoms with Crippen molar-refractivity contribution in [3.63, 3.8) is 0 Å². The maximum Gasteiger partial charge on any atom is 0.323 e. The average Bonchev–Trinajstić information content (AvgIpc) is 2.32. The van der Waals surface area contributed by atoms with E-state index in [1.165, 1.54) is 0 Å². The Morgan fingerprint density at radius 3 is 2.36 bits per heavy atom. The summed E-state index contributed by atoms with van der Waals surface area (Å²) in [7, 11) is 0. The summed E-state index contributed by atoms with van der Waals surface area (Å²) in [5.74, 6) is 0. The third kappa shape index (κ3) is 1.73. The standard InChI is InChI=1S/C8H14N2O/c1-3-5-7-6(4-2)9-8(11)10-7/h3-5H2,1-2H3,(H2,9,10,11). The van der Waals surface area contributed by atoms with Crippen LogP contribution in [0.2, 0.25) is 0 Å². The van der Waals surface area contributed by atoms with E-state index in [1.54, 1.807) is 0 Å². The second-order valence-electron chi connectivity index (χ2n) is 2.64. The van der Waals surface area contributed by atoms with E-state index in [1.807, 2.05) is 6.92 Å². The molecule has 11 heavy (non-hydrogen) atoms. The van der Waals surface area contributed by atoms with Crippen molar-refractivity contribution in [2.45, 2.75) is 33.1 Å². The highest BCUT2D eigenvalue weighted by molar-refractivity contribution is 5.10. The predicted octanol–water partition coefficient (Wildman–Crippen LogP) is 1.22. The first-order chi connectivity index (χ1) is 5.27. The molecular formula is C8H14N2O. The van der Waals surface area contributed by atoms with Crippen molar-refractivity contribution < 1.29 is 0 Å². The Labute approximate surface area is 65.8 Å². The average molecular weight is 154 g/mol. The van der Waals surface area contributed by atoms with E-state index in [4.69, 9.17) is 0 Å². The van der Waals surface area contributed by atoms with Gasteiger partial charge in [0, 0.05) is 11.4 Å². The molecule has 0 amide bonds. The van der Waals surface area contributed by atoms with Gasteiger partial charge in [-0.05, 0) is 12.8 Å². The maximum absolute atomic E-state index is 10.8. The van der Waals surface area contributed by atoms with E-state index in [2.05, 4.69) is 16.9 Å². The Morgan fingerprint density at radius 2 is 1.82 bits per heavy atom. The van der Waals surface area contributed by atoms with Crippen molar-refractivity contribution >= 4 is 0 Å². The van der Waals surface area contributed by atoms with E-state index in [-0.39, 0.29) is 5.69 Å². The van der Waals surface area contributed by atoms with Crippen molar-refractivity contribution in [3.05, 3.63) is 21.9 Å². The minimum Gasteiger partial charge on any atom is -0.310 e. The van der Waals surface area contributed by atoms with Crippen LogP contribution in [0, 0.1) is 0 Å². The molecule has 0 bridgehead atoms. The maximum atomic E-state index is 10.8. The number of H-pyrrole nitrogens is 2. The van der Waals surface area contributed by atoms with Crippen molar-refractivity contribution in [1.29, 1.82) is 0 Å². The van der Waals surface area contributed by atoms with E-state index in [0.717, 1.165) is 30.7 Å². The number of aryl methyl sites for hydroxylation is 2. The molecule has 0 aliphatic rings. The lowest BCUT2D eigenvalue weighted by Gasteiger charge is -1.95. The number of rotatable bonds is 3. The van der Waals surface area contributed by atoms with Crippen LogP contribution in [-0.4, -0.2) is 9.97 Å². The van der Waals surface area contributed by atoms with E-state index >= 15 is 0 Å². The summed E-state index contributed by atoms with van der Waals surface area (Å²) in [6, 6.07) is 0. The molecule has 0 atom stereocenters. The van der Waals surface area contributed by atoms with E-state index in [0.29, 0.717) is 0 Å². The van der Waals surface area contributed by atoms with Crippen LogP contribution in [0.15, 0.2) is 4.79 Å². The Kier molecular flexibility index (Phi) is 2.52. The van der Waals surface area contributed by atoms with Crippen LogP contribution in [-0.2, 0) is 12.8 Å². The number of imidazole rings is 1. The zero-order valence-corrected chi connectivity index (χ0v) is 7.03. The second-order valence-corrected chi connectivity index (χ2v) is 2.64. The molecule has 3 nitrogen and oxygen atoms in total. The zero-order chi connectivity index (χ0) is 8.27. The third-order valence-corrected chi connectivity index (χ3v) is 1.75. The monoisotopic (exact) mass is 154 g/mol. The van der Waals surface area contributed by atoms with Crippen LogP contribution in [0.25, 0.3) is 0 Å². The predicted molar refractivity (Wildman–Crippen MR) is 44.8 cm³/mol. The summed E-state index contributed by atoms with van der Waals surface area (Å²) in [5, 5.41) is 0. The van der Waals surface area contributed by atoms with Crippen LogP contribution >= 0.6 is 0 Å². The van der Waals surface area contributed by atoms with Crippen molar-refractivity contribution in [2.75, 3.05) is 0 Å². The van der Waals surface area contributed by atoms with Gasteiger partial charge in [0.05, 0.1) is 0 Å². The number of hydrogen-bond acceptors (Lipinski definition) is 1. The molecule has 1 aromatic rings. The van der Waals surface area contributed by atoms with Gasteiger partial charge in [0.15, 0.2) is 0 Å². The summed E-state index contributed by atoms with van der Waals surface area (Å²) in [5.41, 5.74) is 2.04. The van der Waals surface area contributed by atoms with Crippen molar-refractivity contribution in [1.82, 2.24) is 9.97 Å². The summed E-state index contributed by atoms with van der Waals surface area (Å²) >= 11 is 0. The van der Waals surface area contributed by atoms with Gasteiger partial charge >= 0.3 is 5.69 Å². The topological polar surface area (TPSA) is 48.6 Å². The van der Waals surface area contributed by atoms with Crippen molar-refractivity contribution in [2.24, 2.45) is 0 Å². The quantitative estimate of drug-likeness (QED) is 0.675. The molecular weight excluding hydrogens is 140 g/mol. The molecule has 2 N–H and O–H groups in total. The first kappa shape index (κ1) is 8.11. The first-order valence-electron chi connectivity index (χ1n) is 4.08. The zero-order valence-electron chi connectivity index (χ0n) is 7.03. The van der Waals surface area contributed by atoms with Gasteiger partial charge in [-0.1, -0.05) is 20.3 Å². The van der Waals surface area contributed by atoms with E-state index < -0.39 is 0 Å². The number of aromatic nitrogens is 2. The molecule has 0 saturated heterocycles. The van der Waals surface area contributed by atoms with Gasteiger partial charge < -0.3 is 9.97 Å². The Balaban J connectivity index is 2.92. The van der Waals surface area contributed by atoms with Crippen LogP contribution in [0.4, 0.5) is 0 Å². The molecule has 1 heterocycles. The fourth-order valence-electron chi connectivity index (χ4n) is 1.22. The first-order valence-corrected chi connectivity index (χ1v) is 4.08. The molecule has 0 aromatic carbocycles. The minimum absolute atomic E-state index is 0.0784. The van der Waals surface area contributed by atoms with Crippen LogP contribution < -0.4 is 5.69 Å². The van der Waals surface area contributed by atoms with Gasteiger partial charge in [-0.15, -0.1) is 0 Å². The molecule has 1 aromatic heterocycles. The van der Waals surface area contributed by atoms with Crippen LogP contribution in [0.3, 0.4) is 0 Å². The minimum atomic E-state index is -0.0784. The second kappa shape index (κ2) is 3.42. The van der Waals surface area contributed by atoms with Gasteiger partial charge in [-0.25, -0.2) is 4.79 Å². The summed E-state index contributed by atoms with van der Waals surface area (Å²) in [6.07, 6.45) is 2.93. The van der Waals surface area contributed by atoms with Crippen molar-refractivity contribution in [3.8, 4) is 0 Å². The Morgan fingerprint density at radius 1 is 1.18 bits per heavy atom. The van der Waals surface area contributed by atoms with Gasteiger partial charge in [-0.2, -0.15) is 0 Å². The van der Waals surface area contributed by atoms with Gasteiger partial charge in [0.1, 0.15) is 0 Å². The van der Waals surface area contributed by atoms with Gasteiger partial charge in [0.25, 0.3) is 0 Å². The molecule has 0 fully saturated rings. The fraction of sp³-hybridized carbons (Fsp3) is 0.625. The number of nitrogens with one attached hydrogen (secondary N) is 2. The fourth-order valence-corrected chi connectivity index (χ4v) is 1.22. The van der Waals surface area contributed by atoms with Crippen LogP contribution in [0.5, 0.6) is 0 Å². The largest absolute Gasteiger partial charge is 0.323 e. The summed E-state index contributed by atoms with van der Waals surface area (Å²) in [6.45, 7) is 4.14. The number of hydrogen-bond donors (Lipinski definition) is 2. The highest BCUT2D eigenvalue weighted by atomic mass is 16.1. The highest BCUT2D eigenvalue weighted by Crippen LogP contribution is 2.03. The molecule has 62 valence electrons. The Hall–Kier alpha value is -0.990. The smallest absolute Gasteiger partial charge is 0.310 e. The van der Waals surface area contributed by atoms with Gasteiger partial charge in [-0.3, -0.25) is 0 Å². The molecule has 1 rings (SSSR count). The molecule has 0 aliphatic carbocycles. The molecule has 0 unspecified atom stereocenters. The van der Waals surface area contributed by atoms with Crippen LogP contribution in [0.1, 0.15) is 31.7 Å². The highest BCUT2D eigenvalue weighted by Gasteiger charge is 2.02. The SMILES string of the molecule is CCCc1[nH]c(=O)[nH]c1CC. The molecule has 0 radical (unpaired) electrons. The molecule has 0 aliphatic heterocycles. The lowest BCUT2D eigenvalue weighted by atomic mass is 10.2. The molecule has 3 heteroatoms.